The van der Waals surface area contributed by atoms with Crippen molar-refractivity contribution in [3.8, 4) is 17.4 Å². The van der Waals surface area contributed by atoms with E-state index in [1.54, 1.807) is 0 Å². The molecule has 4 heterocycles. The van der Waals surface area contributed by atoms with Crippen LogP contribution in [0, 0.1) is 10.1 Å². The summed E-state index contributed by atoms with van der Waals surface area (Å²) in [5, 5.41) is 19.0. The molecule has 0 unspecified atom stereocenters. The summed E-state index contributed by atoms with van der Waals surface area (Å²) in [6, 6.07) is 7.15. The maximum atomic E-state index is 11.2. The summed E-state index contributed by atoms with van der Waals surface area (Å²) in [5.41, 5.74) is 0.952. The van der Waals surface area contributed by atoms with E-state index in [0.29, 0.717) is 47.3 Å². The van der Waals surface area contributed by atoms with Crippen molar-refractivity contribution >= 4 is 32.4 Å². The Hall–Kier alpha value is -3.80. The van der Waals surface area contributed by atoms with E-state index < -0.39 is 4.92 Å². The Morgan fingerprint density at radius 3 is 2.86 bits per heavy atom. The SMILES string of the molecule is O=[N+]([O-])c1cc2c(NCc3ccc4c(c3)OCCO4)nc(-n3cncn3)nc2s1. The fraction of sp³-hybridized carbons (Fsp3) is 0.176. The predicted molar refractivity (Wildman–Crippen MR) is 104 cm³/mol. The molecule has 0 aliphatic carbocycles. The molecule has 3 aromatic heterocycles. The lowest BCUT2D eigenvalue weighted by Gasteiger charge is -2.19. The minimum Gasteiger partial charge on any atom is -0.486 e. The number of hydrogen-bond acceptors (Lipinski definition) is 10. The van der Waals surface area contributed by atoms with Crippen LogP contribution < -0.4 is 14.8 Å². The number of anilines is 1. The van der Waals surface area contributed by atoms with Gasteiger partial charge in [-0.15, -0.1) is 0 Å². The molecule has 11 nitrogen and oxygen atoms in total. The zero-order valence-corrected chi connectivity index (χ0v) is 15.6. The van der Waals surface area contributed by atoms with Gasteiger partial charge in [-0.2, -0.15) is 19.7 Å². The smallest absolute Gasteiger partial charge is 0.326 e. The van der Waals surface area contributed by atoms with Crippen molar-refractivity contribution in [3.63, 3.8) is 0 Å². The third-order valence-corrected chi connectivity index (χ3v) is 5.22. The van der Waals surface area contributed by atoms with Gasteiger partial charge in [0.25, 0.3) is 5.95 Å². The van der Waals surface area contributed by atoms with Crippen molar-refractivity contribution in [2.45, 2.75) is 6.54 Å². The van der Waals surface area contributed by atoms with Crippen molar-refractivity contribution < 1.29 is 14.4 Å². The fourth-order valence-electron chi connectivity index (χ4n) is 2.92. The second-order valence-corrected chi connectivity index (χ2v) is 7.11. The Labute approximate surface area is 167 Å². The van der Waals surface area contributed by atoms with Gasteiger partial charge in [0.2, 0.25) is 0 Å². The maximum absolute atomic E-state index is 11.2. The molecule has 146 valence electrons. The average Bonchev–Trinajstić information content (AvgIpc) is 3.41. The van der Waals surface area contributed by atoms with E-state index in [9.17, 15) is 10.1 Å². The summed E-state index contributed by atoms with van der Waals surface area (Å²) >= 11 is 0.983. The molecule has 0 amide bonds. The van der Waals surface area contributed by atoms with Crippen molar-refractivity contribution in [1.82, 2.24) is 24.7 Å². The quantitative estimate of drug-likeness (QED) is 0.389. The molecule has 4 aromatic rings. The van der Waals surface area contributed by atoms with Crippen LogP contribution in [-0.4, -0.2) is 42.9 Å². The van der Waals surface area contributed by atoms with E-state index in [2.05, 4.69) is 25.4 Å². The fourth-order valence-corrected chi connectivity index (χ4v) is 3.76. The van der Waals surface area contributed by atoms with Gasteiger partial charge in [0.1, 0.15) is 36.5 Å². The van der Waals surface area contributed by atoms with Crippen LogP contribution in [0.15, 0.2) is 36.9 Å². The Morgan fingerprint density at radius 1 is 1.21 bits per heavy atom. The monoisotopic (exact) mass is 411 g/mol. The first-order chi connectivity index (χ1) is 14.2. The molecule has 12 heteroatoms. The molecule has 0 atom stereocenters. The second kappa shape index (κ2) is 6.98. The third-order valence-electron chi connectivity index (χ3n) is 4.24. The van der Waals surface area contributed by atoms with Crippen molar-refractivity contribution in [2.24, 2.45) is 0 Å². The topological polar surface area (TPSA) is 130 Å². The lowest BCUT2D eigenvalue weighted by Crippen LogP contribution is -2.15. The van der Waals surface area contributed by atoms with Crippen molar-refractivity contribution in [1.29, 1.82) is 0 Å². The highest BCUT2D eigenvalue weighted by molar-refractivity contribution is 7.21. The summed E-state index contributed by atoms with van der Waals surface area (Å²) in [6.07, 6.45) is 2.83. The van der Waals surface area contributed by atoms with Gasteiger partial charge in [0, 0.05) is 12.6 Å². The first-order valence-electron chi connectivity index (χ1n) is 8.61. The summed E-state index contributed by atoms with van der Waals surface area (Å²) < 4.78 is 12.6. The van der Waals surface area contributed by atoms with E-state index in [4.69, 9.17) is 9.47 Å². The number of hydrogen-bond donors (Lipinski definition) is 1. The Bertz CT molecular complexity index is 1210. The van der Waals surface area contributed by atoms with Gasteiger partial charge in [-0.1, -0.05) is 6.07 Å². The number of thiophene rings is 1. The number of nitrogens with one attached hydrogen (secondary N) is 1. The van der Waals surface area contributed by atoms with E-state index in [0.717, 1.165) is 16.9 Å². The molecule has 0 spiro atoms. The number of fused-ring (bicyclic) bond motifs is 2. The van der Waals surface area contributed by atoms with Gasteiger partial charge in [-0.25, -0.2) is 4.98 Å². The molecule has 0 saturated heterocycles. The molecule has 1 aliphatic rings. The molecular formula is C17H13N7O4S. The summed E-state index contributed by atoms with van der Waals surface area (Å²) in [6.45, 7) is 1.48. The van der Waals surface area contributed by atoms with Crippen LogP contribution in [0.4, 0.5) is 10.8 Å². The van der Waals surface area contributed by atoms with E-state index in [-0.39, 0.29) is 10.9 Å². The van der Waals surface area contributed by atoms with Crippen LogP contribution in [0.1, 0.15) is 5.56 Å². The normalized spacial score (nSPS) is 12.8. The van der Waals surface area contributed by atoms with Gasteiger partial charge in [0.15, 0.2) is 11.5 Å². The highest BCUT2D eigenvalue weighted by Gasteiger charge is 2.19. The lowest BCUT2D eigenvalue weighted by atomic mass is 10.2. The molecule has 29 heavy (non-hydrogen) atoms. The second-order valence-electron chi connectivity index (χ2n) is 6.10. The molecule has 5 rings (SSSR count). The first-order valence-corrected chi connectivity index (χ1v) is 9.42. The summed E-state index contributed by atoms with van der Waals surface area (Å²) in [5.74, 6) is 2.15. The van der Waals surface area contributed by atoms with Crippen LogP contribution in [0.5, 0.6) is 11.5 Å². The molecule has 1 N–H and O–H groups in total. The Balaban J connectivity index is 1.50. The zero-order chi connectivity index (χ0) is 19.8. The molecular weight excluding hydrogens is 398 g/mol. The van der Waals surface area contributed by atoms with Crippen LogP contribution in [0.3, 0.4) is 0 Å². The van der Waals surface area contributed by atoms with Gasteiger partial charge in [0.05, 0.1) is 10.3 Å². The number of benzene rings is 1. The maximum Gasteiger partial charge on any atom is 0.326 e. The Kier molecular flexibility index (Phi) is 4.17. The summed E-state index contributed by atoms with van der Waals surface area (Å²) in [7, 11) is 0. The average molecular weight is 411 g/mol. The molecule has 0 saturated carbocycles. The van der Waals surface area contributed by atoms with Crippen molar-refractivity contribution in [3.05, 3.63) is 52.6 Å². The third kappa shape index (κ3) is 3.29. The number of aromatic nitrogens is 5. The van der Waals surface area contributed by atoms with Crippen molar-refractivity contribution in [2.75, 3.05) is 18.5 Å². The van der Waals surface area contributed by atoms with E-state index in [1.807, 2.05) is 18.2 Å². The summed E-state index contributed by atoms with van der Waals surface area (Å²) in [4.78, 5) is 24.0. The number of nitrogens with zero attached hydrogens (tertiary/aromatic N) is 6. The number of ether oxygens (including phenoxy) is 2. The van der Waals surface area contributed by atoms with E-state index >= 15 is 0 Å². The minimum atomic E-state index is -0.438. The Morgan fingerprint density at radius 2 is 2.07 bits per heavy atom. The van der Waals surface area contributed by atoms with Crippen LogP contribution >= 0.6 is 11.3 Å². The van der Waals surface area contributed by atoms with Gasteiger partial charge >= 0.3 is 5.00 Å². The standard InChI is InChI=1S/C17H13N7O4S/c25-24(26)14-6-11-15(21-17(22-16(11)29-14)23-9-18-8-20-23)19-7-10-1-2-12-13(5-10)28-4-3-27-12/h1-2,5-6,8-9H,3-4,7H2,(H,19,21,22). The lowest BCUT2D eigenvalue weighted by molar-refractivity contribution is -0.380. The molecule has 0 radical (unpaired) electrons. The molecule has 1 aliphatic heterocycles. The molecule has 0 bridgehead atoms. The van der Waals surface area contributed by atoms with E-state index in [1.165, 1.54) is 23.4 Å². The molecule has 0 fully saturated rings. The van der Waals surface area contributed by atoms with Crippen LogP contribution in [0.2, 0.25) is 0 Å². The van der Waals surface area contributed by atoms with Gasteiger partial charge < -0.3 is 14.8 Å². The highest BCUT2D eigenvalue weighted by Crippen LogP contribution is 2.35. The van der Waals surface area contributed by atoms with Gasteiger partial charge in [-0.3, -0.25) is 10.1 Å². The minimum absolute atomic E-state index is 0.00702. The van der Waals surface area contributed by atoms with Crippen LogP contribution in [-0.2, 0) is 6.54 Å². The zero-order valence-electron chi connectivity index (χ0n) is 14.8. The largest absolute Gasteiger partial charge is 0.486 e. The number of rotatable bonds is 5. The number of nitro groups is 1. The molecule has 1 aromatic carbocycles. The predicted octanol–water partition coefficient (Wildman–Crippen LogP) is 2.56. The highest BCUT2D eigenvalue weighted by atomic mass is 32.1. The first kappa shape index (κ1) is 17.3. The van der Waals surface area contributed by atoms with Crippen LogP contribution in [0.25, 0.3) is 16.2 Å². The van der Waals surface area contributed by atoms with Gasteiger partial charge in [-0.05, 0) is 29.0 Å².